The van der Waals surface area contributed by atoms with Gasteiger partial charge in [0.15, 0.2) is 11.6 Å². The van der Waals surface area contributed by atoms with Crippen LogP contribution in [0.25, 0.3) is 0 Å². The first-order chi connectivity index (χ1) is 12.3. The Hall–Kier alpha value is -1.29. The molecule has 0 aromatic heterocycles. The number of ketones is 3. The summed E-state index contributed by atoms with van der Waals surface area (Å²) in [5.74, 6) is 1.64. The van der Waals surface area contributed by atoms with Crippen molar-refractivity contribution in [1.29, 1.82) is 0 Å². The van der Waals surface area contributed by atoms with E-state index in [4.69, 9.17) is 0 Å². The summed E-state index contributed by atoms with van der Waals surface area (Å²) in [6.45, 7) is 4.30. The third-order valence-electron chi connectivity index (χ3n) is 8.59. The maximum atomic E-state index is 12.9. The Labute approximate surface area is 155 Å². The molecule has 4 aliphatic carbocycles. The Morgan fingerprint density at radius 3 is 2.65 bits per heavy atom. The second-order valence-electron chi connectivity index (χ2n) is 9.47. The monoisotopic (exact) mass is 358 g/mol. The predicted molar refractivity (Wildman–Crippen MR) is 97.3 cm³/mol. The van der Waals surface area contributed by atoms with Crippen LogP contribution in [-0.4, -0.2) is 29.1 Å². The highest BCUT2D eigenvalue weighted by atomic mass is 16.3. The van der Waals surface area contributed by atoms with Crippen molar-refractivity contribution in [3.05, 3.63) is 11.6 Å². The van der Waals surface area contributed by atoms with Gasteiger partial charge in [0.25, 0.3) is 0 Å². The molecule has 0 amide bonds. The molecule has 0 unspecified atom stereocenters. The summed E-state index contributed by atoms with van der Waals surface area (Å²) in [5, 5.41) is 9.19. The molecule has 0 bridgehead atoms. The number of aliphatic hydroxyl groups is 1. The van der Waals surface area contributed by atoms with Crippen LogP contribution in [0.3, 0.4) is 0 Å². The lowest BCUT2D eigenvalue weighted by molar-refractivity contribution is -0.142. The average Bonchev–Trinajstić information content (AvgIpc) is 2.94. The molecular weight excluding hydrogens is 328 g/mol. The van der Waals surface area contributed by atoms with Gasteiger partial charge in [-0.3, -0.25) is 14.4 Å². The fourth-order valence-corrected chi connectivity index (χ4v) is 7.24. The number of carbonyl (C=O) groups excluding carboxylic acids is 3. The first kappa shape index (κ1) is 18.1. The summed E-state index contributed by atoms with van der Waals surface area (Å²) in [4.78, 5) is 37.4. The standard InChI is InChI=1S/C22H30O4/c1-21-9-7-17-15(16(21)5-6-18(21)19(25)8-10-23)4-3-13-11-14(24)12-20(26)22(13,17)2/h11,15-18,23H,3-10,12H2,1-2H3/t15-,16-,17-,18+,21-,22-/m0/s1. The fourth-order valence-electron chi connectivity index (χ4n) is 7.24. The minimum absolute atomic E-state index is 0.0124. The molecule has 0 radical (unpaired) electrons. The minimum Gasteiger partial charge on any atom is -0.396 e. The normalized spacial score (nSPS) is 44.8. The van der Waals surface area contributed by atoms with Gasteiger partial charge in [-0.15, -0.1) is 0 Å². The SMILES string of the molecule is C[C@]12C(=O)CC(=O)C=C1CC[C@@H]1[C@@H]2CC[C@]2(C)[C@@H](C(=O)CCO)CC[C@@H]12. The Morgan fingerprint density at radius 2 is 1.92 bits per heavy atom. The molecule has 1 N–H and O–H groups in total. The number of hydrogen-bond acceptors (Lipinski definition) is 4. The third kappa shape index (κ3) is 2.33. The number of rotatable bonds is 3. The lowest BCUT2D eigenvalue weighted by Crippen LogP contribution is -2.54. The van der Waals surface area contributed by atoms with E-state index in [0.717, 1.165) is 44.1 Å². The number of hydrogen-bond donors (Lipinski definition) is 1. The second kappa shape index (κ2) is 6.12. The van der Waals surface area contributed by atoms with Crippen LogP contribution in [0.15, 0.2) is 11.6 Å². The van der Waals surface area contributed by atoms with Gasteiger partial charge in [0.1, 0.15) is 5.78 Å². The van der Waals surface area contributed by atoms with Crippen molar-refractivity contribution in [2.24, 2.45) is 34.5 Å². The van der Waals surface area contributed by atoms with E-state index in [-0.39, 0.29) is 48.1 Å². The van der Waals surface area contributed by atoms with Crippen LogP contribution in [0.1, 0.15) is 65.2 Å². The Balaban J connectivity index is 1.65. The smallest absolute Gasteiger partial charge is 0.163 e. The molecule has 0 heterocycles. The van der Waals surface area contributed by atoms with Crippen molar-refractivity contribution in [1.82, 2.24) is 0 Å². The zero-order valence-electron chi connectivity index (χ0n) is 15.9. The van der Waals surface area contributed by atoms with Crippen molar-refractivity contribution < 1.29 is 19.5 Å². The van der Waals surface area contributed by atoms with E-state index in [1.165, 1.54) is 0 Å². The first-order valence-corrected chi connectivity index (χ1v) is 10.2. The summed E-state index contributed by atoms with van der Waals surface area (Å²) < 4.78 is 0. The highest BCUT2D eigenvalue weighted by molar-refractivity contribution is 6.11. The number of Topliss-reactive ketones (excluding diaryl/α,β-unsaturated/α-hetero) is 2. The molecule has 4 aliphatic rings. The number of aliphatic hydroxyl groups excluding tert-OH is 1. The van der Waals surface area contributed by atoms with E-state index in [2.05, 4.69) is 13.8 Å². The molecule has 4 rings (SSSR count). The summed E-state index contributed by atoms with van der Waals surface area (Å²) >= 11 is 0. The molecule has 6 atom stereocenters. The topological polar surface area (TPSA) is 71.4 Å². The van der Waals surface area contributed by atoms with Gasteiger partial charge in [0.2, 0.25) is 0 Å². The lowest BCUT2D eigenvalue weighted by atomic mass is 9.46. The minimum atomic E-state index is -0.467. The summed E-state index contributed by atoms with van der Waals surface area (Å²) in [6.07, 6.45) is 7.89. The number of allylic oxidation sites excluding steroid dienone is 1. The van der Waals surface area contributed by atoms with E-state index in [1.807, 2.05) is 0 Å². The highest BCUT2D eigenvalue weighted by Crippen LogP contribution is 2.66. The fraction of sp³-hybridized carbons (Fsp3) is 0.773. The van der Waals surface area contributed by atoms with Gasteiger partial charge in [-0.25, -0.2) is 0 Å². The predicted octanol–water partition coefficient (Wildman–Crippen LogP) is 3.27. The number of carbonyl (C=O) groups is 3. The lowest BCUT2D eigenvalue weighted by Gasteiger charge is -2.57. The highest BCUT2D eigenvalue weighted by Gasteiger charge is 2.61. The van der Waals surface area contributed by atoms with E-state index in [1.54, 1.807) is 6.08 Å². The summed E-state index contributed by atoms with van der Waals surface area (Å²) in [6, 6.07) is 0. The zero-order chi connectivity index (χ0) is 18.7. The first-order valence-electron chi connectivity index (χ1n) is 10.2. The van der Waals surface area contributed by atoms with Gasteiger partial charge < -0.3 is 5.11 Å². The molecular formula is C22H30O4. The molecule has 0 aliphatic heterocycles. The van der Waals surface area contributed by atoms with Crippen LogP contribution in [0, 0.1) is 34.5 Å². The molecule has 4 heteroatoms. The maximum absolute atomic E-state index is 12.9. The average molecular weight is 358 g/mol. The maximum Gasteiger partial charge on any atom is 0.163 e. The molecule has 0 aromatic rings. The van der Waals surface area contributed by atoms with E-state index < -0.39 is 5.41 Å². The molecule has 3 saturated carbocycles. The molecule has 3 fully saturated rings. The van der Waals surface area contributed by atoms with E-state index in [9.17, 15) is 19.5 Å². The van der Waals surface area contributed by atoms with Crippen molar-refractivity contribution in [3.8, 4) is 0 Å². The van der Waals surface area contributed by atoms with Crippen LogP contribution in [0.4, 0.5) is 0 Å². The van der Waals surface area contributed by atoms with Crippen LogP contribution in [0.2, 0.25) is 0 Å². The molecule has 0 saturated heterocycles. The Bertz CT molecular complexity index is 692. The van der Waals surface area contributed by atoms with Crippen LogP contribution < -0.4 is 0 Å². The largest absolute Gasteiger partial charge is 0.396 e. The van der Waals surface area contributed by atoms with Gasteiger partial charge in [-0.1, -0.05) is 12.5 Å². The van der Waals surface area contributed by atoms with Crippen LogP contribution >= 0.6 is 0 Å². The van der Waals surface area contributed by atoms with Crippen LogP contribution in [0.5, 0.6) is 0 Å². The second-order valence-corrected chi connectivity index (χ2v) is 9.47. The summed E-state index contributed by atoms with van der Waals surface area (Å²) in [7, 11) is 0. The van der Waals surface area contributed by atoms with Crippen molar-refractivity contribution in [2.75, 3.05) is 6.61 Å². The van der Waals surface area contributed by atoms with Crippen LogP contribution in [-0.2, 0) is 14.4 Å². The Morgan fingerprint density at radius 1 is 1.15 bits per heavy atom. The quantitative estimate of drug-likeness (QED) is 0.786. The van der Waals surface area contributed by atoms with Gasteiger partial charge in [0, 0.05) is 18.9 Å². The molecule has 142 valence electrons. The van der Waals surface area contributed by atoms with Crippen molar-refractivity contribution >= 4 is 17.3 Å². The van der Waals surface area contributed by atoms with Gasteiger partial charge >= 0.3 is 0 Å². The van der Waals surface area contributed by atoms with E-state index in [0.29, 0.717) is 17.8 Å². The van der Waals surface area contributed by atoms with Gasteiger partial charge in [-0.05, 0) is 74.7 Å². The van der Waals surface area contributed by atoms with Gasteiger partial charge in [0.05, 0.1) is 11.8 Å². The van der Waals surface area contributed by atoms with Crippen molar-refractivity contribution in [3.63, 3.8) is 0 Å². The third-order valence-corrected chi connectivity index (χ3v) is 8.59. The van der Waals surface area contributed by atoms with E-state index >= 15 is 0 Å². The molecule has 0 aromatic carbocycles. The molecule has 0 spiro atoms. The van der Waals surface area contributed by atoms with Crippen molar-refractivity contribution in [2.45, 2.75) is 65.2 Å². The zero-order valence-corrected chi connectivity index (χ0v) is 15.9. The molecule has 26 heavy (non-hydrogen) atoms. The Kier molecular flexibility index (Phi) is 4.26. The summed E-state index contributed by atoms with van der Waals surface area (Å²) in [5.41, 5.74) is 0.610. The molecule has 4 nitrogen and oxygen atoms in total. The number of fused-ring (bicyclic) bond motifs is 5. The van der Waals surface area contributed by atoms with Gasteiger partial charge in [-0.2, -0.15) is 0 Å².